The van der Waals surface area contributed by atoms with Crippen LogP contribution in [0, 0.1) is 0 Å². The van der Waals surface area contributed by atoms with Gasteiger partial charge in [-0.2, -0.15) is 0 Å². The van der Waals surface area contributed by atoms with Gasteiger partial charge in [0.15, 0.2) is 11.5 Å². The summed E-state index contributed by atoms with van der Waals surface area (Å²) in [6, 6.07) is 5.29. The molecule has 2 aromatic heterocycles. The number of benzene rings is 1. The highest BCUT2D eigenvalue weighted by molar-refractivity contribution is 7.15. The Morgan fingerprint density at radius 1 is 1.07 bits per heavy atom. The van der Waals surface area contributed by atoms with Gasteiger partial charge in [-0.25, -0.2) is 9.78 Å². The maximum absolute atomic E-state index is 12.4. The lowest BCUT2D eigenvalue weighted by atomic mass is 10.0. The molecule has 0 atom stereocenters. The molecule has 2 heterocycles. The molecule has 3 rings (SSSR count). The van der Waals surface area contributed by atoms with Crippen LogP contribution in [0.25, 0.3) is 11.1 Å². The van der Waals surface area contributed by atoms with Crippen LogP contribution < -0.4 is 14.8 Å². The Morgan fingerprint density at radius 3 is 2.50 bits per heavy atom. The van der Waals surface area contributed by atoms with Crippen LogP contribution in [-0.4, -0.2) is 43.2 Å². The first-order valence-electron chi connectivity index (χ1n) is 8.08. The van der Waals surface area contributed by atoms with Crippen LogP contribution in [0.3, 0.4) is 0 Å². The number of methoxy groups -OCH3 is 3. The topological polar surface area (TPSA) is 99.6 Å². The zero-order chi connectivity index (χ0) is 20.1. The Kier molecular flexibility index (Phi) is 5.85. The molecule has 144 valence electrons. The van der Waals surface area contributed by atoms with Crippen molar-refractivity contribution < 1.29 is 23.8 Å². The van der Waals surface area contributed by atoms with Crippen molar-refractivity contribution in [3.05, 3.63) is 53.4 Å². The van der Waals surface area contributed by atoms with E-state index in [0.29, 0.717) is 27.6 Å². The van der Waals surface area contributed by atoms with E-state index in [9.17, 15) is 9.59 Å². The van der Waals surface area contributed by atoms with Gasteiger partial charge in [0.05, 0.1) is 27.5 Å². The van der Waals surface area contributed by atoms with Crippen molar-refractivity contribution in [2.75, 3.05) is 26.6 Å². The Morgan fingerprint density at radius 2 is 1.86 bits per heavy atom. The lowest BCUT2D eigenvalue weighted by Gasteiger charge is -2.11. The highest BCUT2D eigenvalue weighted by atomic mass is 32.1. The Hall–Kier alpha value is -3.46. The molecule has 0 saturated heterocycles. The van der Waals surface area contributed by atoms with Gasteiger partial charge in [0.1, 0.15) is 16.3 Å². The number of aromatic nitrogens is 2. The van der Waals surface area contributed by atoms with Gasteiger partial charge in [0, 0.05) is 23.3 Å². The second-order valence-electron chi connectivity index (χ2n) is 5.46. The molecule has 9 heteroatoms. The highest BCUT2D eigenvalue weighted by Crippen LogP contribution is 2.39. The van der Waals surface area contributed by atoms with Gasteiger partial charge in [-0.1, -0.05) is 6.07 Å². The molecule has 0 spiro atoms. The molecular weight excluding hydrogens is 382 g/mol. The quantitative estimate of drug-likeness (QED) is 0.635. The van der Waals surface area contributed by atoms with E-state index in [1.165, 1.54) is 44.1 Å². The van der Waals surface area contributed by atoms with E-state index in [1.807, 2.05) is 0 Å². The number of nitrogens with one attached hydrogen (secondary N) is 1. The van der Waals surface area contributed by atoms with Gasteiger partial charge in [-0.15, -0.1) is 11.3 Å². The van der Waals surface area contributed by atoms with E-state index < -0.39 is 11.9 Å². The second kappa shape index (κ2) is 8.49. The van der Waals surface area contributed by atoms with Gasteiger partial charge in [0.2, 0.25) is 0 Å². The standard InChI is InChI=1S/C19H17N3O5S/c1-25-14-5-4-11(8-15(14)26-2)12-10-28-18(16(12)19(24)27-3)22-17(23)13-9-20-6-7-21-13/h4-10H,1-3H3,(H,22,23). The highest BCUT2D eigenvalue weighted by Gasteiger charge is 2.23. The van der Waals surface area contributed by atoms with E-state index in [1.54, 1.807) is 30.7 Å². The minimum atomic E-state index is -0.569. The second-order valence-corrected chi connectivity index (χ2v) is 6.34. The minimum Gasteiger partial charge on any atom is -0.493 e. The molecule has 0 aliphatic heterocycles. The summed E-state index contributed by atoms with van der Waals surface area (Å²) in [6.45, 7) is 0. The molecule has 0 radical (unpaired) electrons. The van der Waals surface area contributed by atoms with Crippen LogP contribution in [0.2, 0.25) is 0 Å². The number of rotatable bonds is 6. The average molecular weight is 399 g/mol. The zero-order valence-corrected chi connectivity index (χ0v) is 16.2. The van der Waals surface area contributed by atoms with Crippen LogP contribution in [0.5, 0.6) is 11.5 Å². The normalized spacial score (nSPS) is 10.2. The van der Waals surface area contributed by atoms with Crippen molar-refractivity contribution in [2.24, 2.45) is 0 Å². The summed E-state index contributed by atoms with van der Waals surface area (Å²) in [5.74, 6) is 0.0453. The first-order valence-corrected chi connectivity index (χ1v) is 8.96. The van der Waals surface area contributed by atoms with Crippen LogP contribution in [0.15, 0.2) is 42.2 Å². The molecule has 3 aromatic rings. The molecule has 28 heavy (non-hydrogen) atoms. The monoisotopic (exact) mass is 399 g/mol. The smallest absolute Gasteiger partial charge is 0.341 e. The predicted octanol–water partition coefficient (Wildman–Crippen LogP) is 3.26. The number of ether oxygens (including phenoxy) is 3. The van der Waals surface area contributed by atoms with E-state index in [0.717, 1.165) is 0 Å². The molecule has 0 fully saturated rings. The summed E-state index contributed by atoms with van der Waals surface area (Å²) < 4.78 is 15.5. The van der Waals surface area contributed by atoms with Crippen LogP contribution in [0.1, 0.15) is 20.8 Å². The number of carbonyl (C=O) groups is 2. The summed E-state index contributed by atoms with van der Waals surface area (Å²) in [4.78, 5) is 32.7. The van der Waals surface area contributed by atoms with Gasteiger partial charge in [-0.05, 0) is 17.7 Å². The minimum absolute atomic E-state index is 0.138. The van der Waals surface area contributed by atoms with Crippen molar-refractivity contribution in [1.82, 2.24) is 9.97 Å². The molecular formula is C19H17N3O5S. The van der Waals surface area contributed by atoms with Crippen LogP contribution >= 0.6 is 11.3 Å². The van der Waals surface area contributed by atoms with E-state index in [-0.39, 0.29) is 11.3 Å². The molecule has 0 saturated carbocycles. The van der Waals surface area contributed by atoms with Crippen LogP contribution in [0.4, 0.5) is 5.00 Å². The fourth-order valence-electron chi connectivity index (χ4n) is 2.55. The van der Waals surface area contributed by atoms with Crippen molar-refractivity contribution in [3.8, 4) is 22.6 Å². The molecule has 0 bridgehead atoms. The Labute approximate surface area is 165 Å². The van der Waals surface area contributed by atoms with Crippen molar-refractivity contribution >= 4 is 28.2 Å². The molecule has 0 aliphatic carbocycles. The fourth-order valence-corrected chi connectivity index (χ4v) is 3.51. The third-order valence-corrected chi connectivity index (χ3v) is 4.79. The number of anilines is 1. The summed E-state index contributed by atoms with van der Waals surface area (Å²) >= 11 is 1.21. The fraction of sp³-hybridized carbons (Fsp3) is 0.158. The predicted molar refractivity (Wildman–Crippen MR) is 104 cm³/mol. The average Bonchev–Trinajstić information content (AvgIpc) is 3.16. The SMILES string of the molecule is COC(=O)c1c(-c2ccc(OC)c(OC)c2)csc1NC(=O)c1cnccn1. The van der Waals surface area contributed by atoms with Crippen LogP contribution in [-0.2, 0) is 4.74 Å². The number of nitrogens with zero attached hydrogens (tertiary/aromatic N) is 2. The molecule has 1 N–H and O–H groups in total. The summed E-state index contributed by atoms with van der Waals surface area (Å²) in [6.07, 6.45) is 4.23. The largest absolute Gasteiger partial charge is 0.493 e. The van der Waals surface area contributed by atoms with Gasteiger partial charge in [-0.3, -0.25) is 9.78 Å². The van der Waals surface area contributed by atoms with Crippen molar-refractivity contribution in [1.29, 1.82) is 0 Å². The van der Waals surface area contributed by atoms with E-state index in [2.05, 4.69) is 15.3 Å². The number of esters is 1. The third kappa shape index (κ3) is 3.79. The van der Waals surface area contributed by atoms with Crippen molar-refractivity contribution in [3.63, 3.8) is 0 Å². The van der Waals surface area contributed by atoms with E-state index in [4.69, 9.17) is 14.2 Å². The summed E-state index contributed by atoms with van der Waals surface area (Å²) in [5, 5.41) is 4.82. The lowest BCUT2D eigenvalue weighted by molar-refractivity contribution is 0.0603. The lowest BCUT2D eigenvalue weighted by Crippen LogP contribution is -2.15. The molecule has 1 aromatic carbocycles. The van der Waals surface area contributed by atoms with Gasteiger partial charge >= 0.3 is 5.97 Å². The molecule has 1 amide bonds. The Balaban J connectivity index is 2.02. The molecule has 0 aliphatic rings. The maximum Gasteiger partial charge on any atom is 0.341 e. The summed E-state index contributed by atoms with van der Waals surface area (Å²) in [5.41, 5.74) is 1.71. The zero-order valence-electron chi connectivity index (χ0n) is 15.4. The maximum atomic E-state index is 12.4. The number of carbonyl (C=O) groups excluding carboxylic acids is 2. The Bertz CT molecular complexity index is 1000. The number of thiophene rings is 1. The molecule has 8 nitrogen and oxygen atoms in total. The molecule has 0 unspecified atom stereocenters. The number of hydrogen-bond donors (Lipinski definition) is 1. The van der Waals surface area contributed by atoms with Gasteiger partial charge < -0.3 is 19.5 Å². The third-order valence-electron chi connectivity index (χ3n) is 3.90. The number of amides is 1. The first-order chi connectivity index (χ1) is 13.6. The first kappa shape index (κ1) is 19.3. The van der Waals surface area contributed by atoms with Crippen molar-refractivity contribution in [2.45, 2.75) is 0 Å². The summed E-state index contributed by atoms with van der Waals surface area (Å²) in [7, 11) is 4.36. The van der Waals surface area contributed by atoms with E-state index >= 15 is 0 Å². The number of hydrogen-bond acceptors (Lipinski definition) is 8. The van der Waals surface area contributed by atoms with Gasteiger partial charge in [0.25, 0.3) is 5.91 Å².